The Morgan fingerprint density at radius 1 is 1.00 bits per heavy atom. The van der Waals surface area contributed by atoms with E-state index in [9.17, 15) is 9.59 Å². The summed E-state index contributed by atoms with van der Waals surface area (Å²) in [7, 11) is 0. The lowest BCUT2D eigenvalue weighted by molar-refractivity contribution is 0.0734. The number of amides is 1. The molecule has 1 aliphatic rings. The second-order valence-electron chi connectivity index (χ2n) is 7.87. The van der Waals surface area contributed by atoms with E-state index in [4.69, 9.17) is 0 Å². The van der Waals surface area contributed by atoms with Gasteiger partial charge < -0.3 is 9.47 Å². The number of benzene rings is 2. The highest BCUT2D eigenvalue weighted by Gasteiger charge is 2.23. The van der Waals surface area contributed by atoms with E-state index in [-0.39, 0.29) is 11.5 Å². The van der Waals surface area contributed by atoms with Gasteiger partial charge in [-0.15, -0.1) is 5.10 Å². The van der Waals surface area contributed by atoms with Crippen LogP contribution in [0.25, 0.3) is 5.69 Å². The zero-order valence-electron chi connectivity index (χ0n) is 17.5. The summed E-state index contributed by atoms with van der Waals surface area (Å²) in [6.45, 7) is 1.70. The second kappa shape index (κ2) is 8.58. The van der Waals surface area contributed by atoms with E-state index < -0.39 is 0 Å². The zero-order chi connectivity index (χ0) is 21.9. The van der Waals surface area contributed by atoms with Crippen LogP contribution in [-0.2, 0) is 25.9 Å². The number of aromatic nitrogens is 5. The molecule has 0 N–H and O–H groups in total. The topological polar surface area (TPSA) is 85.9 Å². The van der Waals surface area contributed by atoms with Gasteiger partial charge in [0.15, 0.2) is 0 Å². The predicted molar refractivity (Wildman–Crippen MR) is 118 cm³/mol. The van der Waals surface area contributed by atoms with Gasteiger partial charge in [0.05, 0.1) is 5.69 Å². The first kappa shape index (κ1) is 19.9. The van der Waals surface area contributed by atoms with Crippen LogP contribution in [0, 0.1) is 0 Å². The molecule has 4 aromatic rings. The normalized spacial score (nSPS) is 13.1. The molecule has 1 amide bonds. The van der Waals surface area contributed by atoms with Crippen LogP contribution in [-0.4, -0.2) is 42.1 Å². The van der Waals surface area contributed by atoms with Gasteiger partial charge in [-0.3, -0.25) is 9.59 Å². The van der Waals surface area contributed by atoms with Crippen molar-refractivity contribution in [2.75, 3.05) is 6.54 Å². The third-order valence-corrected chi connectivity index (χ3v) is 5.82. The Labute approximate surface area is 184 Å². The zero-order valence-corrected chi connectivity index (χ0v) is 17.5. The highest BCUT2D eigenvalue weighted by Crippen LogP contribution is 2.20. The Morgan fingerprint density at radius 3 is 2.56 bits per heavy atom. The van der Waals surface area contributed by atoms with Crippen LogP contribution in [0.1, 0.15) is 27.0 Å². The number of carbonyl (C=O) groups is 1. The van der Waals surface area contributed by atoms with Crippen LogP contribution in [0.5, 0.6) is 0 Å². The van der Waals surface area contributed by atoms with Crippen molar-refractivity contribution in [3.8, 4) is 5.69 Å². The fourth-order valence-corrected chi connectivity index (χ4v) is 4.04. The van der Waals surface area contributed by atoms with Gasteiger partial charge in [0.25, 0.3) is 11.5 Å². The van der Waals surface area contributed by atoms with Crippen molar-refractivity contribution in [2.24, 2.45) is 0 Å². The summed E-state index contributed by atoms with van der Waals surface area (Å²) in [5, 5.41) is 11.1. The molecule has 2 aromatic carbocycles. The van der Waals surface area contributed by atoms with Crippen LogP contribution in [0.15, 0.2) is 78.0 Å². The molecule has 1 aliphatic heterocycles. The predicted octanol–water partition coefficient (Wildman–Crippen LogP) is 2.27. The Kier molecular flexibility index (Phi) is 5.33. The first-order chi connectivity index (χ1) is 15.7. The van der Waals surface area contributed by atoms with Gasteiger partial charge in [-0.25, -0.2) is 4.68 Å². The number of hydrogen-bond donors (Lipinski definition) is 0. The number of tetrazole rings is 1. The highest BCUT2D eigenvalue weighted by molar-refractivity contribution is 5.94. The number of hydrogen-bond acceptors (Lipinski definition) is 5. The van der Waals surface area contributed by atoms with Gasteiger partial charge in [-0.05, 0) is 64.2 Å². The monoisotopic (exact) mass is 426 g/mol. The lowest BCUT2D eigenvalue weighted by Gasteiger charge is -2.29. The molecule has 32 heavy (non-hydrogen) atoms. The summed E-state index contributed by atoms with van der Waals surface area (Å²) in [6, 6.07) is 19.1. The molecule has 0 aliphatic carbocycles. The first-order valence-electron chi connectivity index (χ1n) is 10.6. The number of nitrogens with zero attached hydrogens (tertiary/aromatic N) is 6. The standard InChI is InChI=1S/C24H22N6O2/c31-23-14-20-11-13-29(16-21(20)15-28(23)12-10-18-4-2-1-3-5-18)24(32)19-6-8-22(9-7-19)30-17-25-26-27-30/h1-9,14-15,17H,10-13,16H2. The number of fused-ring (bicyclic) bond motifs is 1. The van der Waals surface area contributed by atoms with E-state index in [0.29, 0.717) is 31.6 Å². The van der Waals surface area contributed by atoms with Gasteiger partial charge in [0, 0.05) is 37.5 Å². The lowest BCUT2D eigenvalue weighted by atomic mass is 10.0. The fourth-order valence-electron chi connectivity index (χ4n) is 4.04. The van der Waals surface area contributed by atoms with Crippen molar-refractivity contribution in [2.45, 2.75) is 25.9 Å². The fraction of sp³-hybridized carbons (Fsp3) is 0.208. The average Bonchev–Trinajstić information content (AvgIpc) is 3.38. The second-order valence-corrected chi connectivity index (χ2v) is 7.87. The van der Waals surface area contributed by atoms with Crippen molar-refractivity contribution in [3.63, 3.8) is 0 Å². The van der Waals surface area contributed by atoms with Gasteiger partial charge in [-0.2, -0.15) is 0 Å². The van der Waals surface area contributed by atoms with Crippen molar-refractivity contribution in [3.05, 3.63) is 106 Å². The van der Waals surface area contributed by atoms with Gasteiger partial charge in [0.2, 0.25) is 0 Å². The molecule has 0 fully saturated rings. The third-order valence-electron chi connectivity index (χ3n) is 5.82. The minimum Gasteiger partial charge on any atom is -0.334 e. The molecule has 5 rings (SSSR count). The summed E-state index contributed by atoms with van der Waals surface area (Å²) >= 11 is 0. The van der Waals surface area contributed by atoms with Crippen molar-refractivity contribution >= 4 is 5.91 Å². The van der Waals surface area contributed by atoms with E-state index in [1.165, 1.54) is 11.9 Å². The van der Waals surface area contributed by atoms with Crippen LogP contribution in [0.3, 0.4) is 0 Å². The molecule has 8 nitrogen and oxygen atoms in total. The maximum atomic E-state index is 13.1. The van der Waals surface area contributed by atoms with E-state index in [1.54, 1.807) is 27.4 Å². The SMILES string of the molecule is O=C(c1ccc(-n2cnnn2)cc1)N1CCc2cc(=O)n(CCc3ccccc3)cc2C1. The highest BCUT2D eigenvalue weighted by atomic mass is 16.2. The molecule has 0 bridgehead atoms. The summed E-state index contributed by atoms with van der Waals surface area (Å²) in [5.41, 5.74) is 4.67. The molecule has 0 saturated heterocycles. The van der Waals surface area contributed by atoms with Gasteiger partial charge in [0.1, 0.15) is 6.33 Å². The molecule has 0 atom stereocenters. The Bertz CT molecular complexity index is 1280. The number of carbonyl (C=O) groups excluding carboxylic acids is 1. The van der Waals surface area contributed by atoms with Crippen LogP contribution in [0.4, 0.5) is 0 Å². The van der Waals surface area contributed by atoms with Crippen LogP contribution < -0.4 is 5.56 Å². The van der Waals surface area contributed by atoms with Crippen LogP contribution in [0.2, 0.25) is 0 Å². The number of pyridine rings is 1. The smallest absolute Gasteiger partial charge is 0.254 e. The summed E-state index contributed by atoms with van der Waals surface area (Å²) in [4.78, 5) is 27.5. The molecule has 8 heteroatoms. The molecule has 0 saturated carbocycles. The molecular weight excluding hydrogens is 404 g/mol. The minimum atomic E-state index is -0.0269. The maximum absolute atomic E-state index is 13.1. The molecule has 0 spiro atoms. The largest absolute Gasteiger partial charge is 0.334 e. The maximum Gasteiger partial charge on any atom is 0.254 e. The van der Waals surface area contributed by atoms with E-state index in [1.807, 2.05) is 41.4 Å². The lowest BCUT2D eigenvalue weighted by Crippen LogP contribution is -2.37. The van der Waals surface area contributed by atoms with Gasteiger partial charge in [-0.1, -0.05) is 30.3 Å². The van der Waals surface area contributed by atoms with Crippen LogP contribution >= 0.6 is 0 Å². The van der Waals surface area contributed by atoms with Crippen molar-refractivity contribution in [1.29, 1.82) is 0 Å². The Balaban J connectivity index is 1.31. The Morgan fingerprint density at radius 2 is 1.81 bits per heavy atom. The Hall–Kier alpha value is -4.07. The number of rotatable bonds is 5. The number of aryl methyl sites for hydroxylation is 2. The first-order valence-corrected chi connectivity index (χ1v) is 10.6. The minimum absolute atomic E-state index is 0.0117. The molecular formula is C24H22N6O2. The summed E-state index contributed by atoms with van der Waals surface area (Å²) < 4.78 is 3.29. The van der Waals surface area contributed by atoms with Gasteiger partial charge >= 0.3 is 0 Å². The van der Waals surface area contributed by atoms with Crippen molar-refractivity contribution < 1.29 is 4.79 Å². The average molecular weight is 426 g/mol. The molecule has 2 aromatic heterocycles. The molecule has 0 unspecified atom stereocenters. The van der Waals surface area contributed by atoms with E-state index >= 15 is 0 Å². The van der Waals surface area contributed by atoms with Crippen molar-refractivity contribution in [1.82, 2.24) is 29.7 Å². The molecule has 160 valence electrons. The molecule has 3 heterocycles. The van der Waals surface area contributed by atoms with E-state index in [0.717, 1.165) is 23.2 Å². The summed E-state index contributed by atoms with van der Waals surface area (Å²) in [5.74, 6) is -0.0269. The third kappa shape index (κ3) is 4.07. The quantitative estimate of drug-likeness (QED) is 0.489. The summed E-state index contributed by atoms with van der Waals surface area (Å²) in [6.07, 6.45) is 4.89. The van der Waals surface area contributed by atoms with E-state index in [2.05, 4.69) is 27.7 Å². The molecule has 0 radical (unpaired) electrons.